The van der Waals surface area contributed by atoms with Crippen LogP contribution in [0.2, 0.25) is 0 Å². The van der Waals surface area contributed by atoms with Crippen LogP contribution >= 0.6 is 11.3 Å². The van der Waals surface area contributed by atoms with Gasteiger partial charge in [0.25, 0.3) is 0 Å². The molecule has 0 saturated carbocycles. The lowest BCUT2D eigenvalue weighted by molar-refractivity contribution is -0.330. The van der Waals surface area contributed by atoms with Gasteiger partial charge in [-0.15, -0.1) is 11.3 Å². The zero-order chi connectivity index (χ0) is 32.3. The van der Waals surface area contributed by atoms with Crippen LogP contribution in [0.4, 0.5) is 0 Å². The van der Waals surface area contributed by atoms with E-state index in [1.807, 2.05) is 0 Å². The van der Waals surface area contributed by atoms with Crippen LogP contribution in [0.5, 0.6) is 28.7 Å². The molecule has 1 aliphatic carbocycles. The second kappa shape index (κ2) is 12.2. The van der Waals surface area contributed by atoms with Gasteiger partial charge in [0.2, 0.25) is 12.5 Å². The molecule has 3 aromatic rings. The molecule has 4 heterocycles. The first kappa shape index (κ1) is 31.0. The van der Waals surface area contributed by atoms with Crippen LogP contribution in [-0.2, 0) is 23.7 Å². The number of thiophene rings is 1. The van der Waals surface area contributed by atoms with Crippen LogP contribution in [0.3, 0.4) is 0 Å². The molecule has 0 radical (unpaired) electrons. The quantitative estimate of drug-likeness (QED) is 0.206. The van der Waals surface area contributed by atoms with Gasteiger partial charge in [0.15, 0.2) is 35.6 Å². The fourth-order valence-corrected chi connectivity index (χ4v) is 7.52. The minimum atomic E-state index is -1.56. The van der Waals surface area contributed by atoms with E-state index in [4.69, 9.17) is 37.9 Å². The molecule has 10 unspecified atom stereocenters. The number of benzene rings is 2. The predicted molar refractivity (Wildman–Crippen MR) is 158 cm³/mol. The number of hydrogen-bond donors (Lipinski definition) is 4. The smallest absolute Gasteiger partial charge is 0.310 e. The number of ether oxygens (including phenoxy) is 8. The molecule has 246 valence electrons. The third-order valence-corrected chi connectivity index (χ3v) is 10.0. The molecule has 4 N–H and O–H groups in total. The van der Waals surface area contributed by atoms with E-state index in [1.165, 1.54) is 25.6 Å². The standard InChI is InChI=1S/C32H34O13S/c1-13-28(44-30(36)22-5-4-6-46-22)26(34)27(35)32(43-13)45-29-16-10-19-18(41-12-42-19)9-15(16)23(24-17(29)11-40-31(24)37)14-7-20(38-2)25(33)21(8-14)39-3/h4-10,13,17,23-24,26-30,32-36H,11-12H2,1-3H3. The molecule has 4 aliphatic rings. The van der Waals surface area contributed by atoms with Gasteiger partial charge in [-0.2, -0.15) is 0 Å². The van der Waals surface area contributed by atoms with E-state index in [9.17, 15) is 25.2 Å². The summed E-state index contributed by atoms with van der Waals surface area (Å²) in [6.45, 7) is 1.68. The van der Waals surface area contributed by atoms with Crippen LogP contribution in [0, 0.1) is 11.8 Å². The second-order valence-electron chi connectivity index (χ2n) is 11.6. The van der Waals surface area contributed by atoms with Crippen LogP contribution in [0.25, 0.3) is 0 Å². The number of fused-ring (bicyclic) bond motifs is 3. The Morgan fingerprint density at radius 1 is 0.978 bits per heavy atom. The summed E-state index contributed by atoms with van der Waals surface area (Å²) in [5, 5.41) is 45.3. The molecule has 3 aliphatic heterocycles. The molecule has 0 amide bonds. The van der Waals surface area contributed by atoms with Crippen molar-refractivity contribution in [2.45, 2.75) is 55.9 Å². The van der Waals surface area contributed by atoms with Crippen molar-refractivity contribution in [2.75, 3.05) is 27.6 Å². The summed E-state index contributed by atoms with van der Waals surface area (Å²) in [6, 6.07) is 10.3. The van der Waals surface area contributed by atoms with E-state index < -0.39 is 66.8 Å². The number of methoxy groups -OCH3 is 2. The normalized spacial score (nSPS) is 32.0. The van der Waals surface area contributed by atoms with Crippen molar-refractivity contribution in [3.8, 4) is 28.7 Å². The molecule has 7 rings (SSSR count). The number of phenols is 1. The first-order valence-electron chi connectivity index (χ1n) is 14.8. The van der Waals surface area contributed by atoms with E-state index in [0.29, 0.717) is 33.1 Å². The van der Waals surface area contributed by atoms with Crippen molar-refractivity contribution in [1.29, 1.82) is 0 Å². The van der Waals surface area contributed by atoms with Gasteiger partial charge in [-0.25, -0.2) is 0 Å². The zero-order valence-corrected chi connectivity index (χ0v) is 25.9. The minimum Gasteiger partial charge on any atom is -0.502 e. The Bertz CT molecular complexity index is 1570. The lowest BCUT2D eigenvalue weighted by Gasteiger charge is -2.45. The maximum atomic E-state index is 13.5. The molecule has 10 atom stereocenters. The summed E-state index contributed by atoms with van der Waals surface area (Å²) in [5.41, 5.74) is 1.94. The van der Waals surface area contributed by atoms with Crippen molar-refractivity contribution < 1.29 is 63.1 Å². The number of cyclic esters (lactones) is 1. The lowest BCUT2D eigenvalue weighted by Crippen LogP contribution is -2.59. The van der Waals surface area contributed by atoms with Gasteiger partial charge in [0, 0.05) is 11.8 Å². The van der Waals surface area contributed by atoms with Crippen molar-refractivity contribution in [2.24, 2.45) is 11.8 Å². The average molecular weight is 659 g/mol. The number of hydrogen-bond acceptors (Lipinski definition) is 14. The van der Waals surface area contributed by atoms with Gasteiger partial charge in [-0.1, -0.05) is 6.07 Å². The summed E-state index contributed by atoms with van der Waals surface area (Å²) in [7, 11) is 2.84. The summed E-state index contributed by atoms with van der Waals surface area (Å²) >= 11 is 1.29. The molecule has 2 saturated heterocycles. The van der Waals surface area contributed by atoms with E-state index in [0.717, 1.165) is 0 Å². The topological polar surface area (TPSA) is 172 Å². The Labute approximate surface area is 267 Å². The highest BCUT2D eigenvalue weighted by atomic mass is 32.1. The van der Waals surface area contributed by atoms with Crippen molar-refractivity contribution in [3.63, 3.8) is 0 Å². The first-order valence-corrected chi connectivity index (χ1v) is 15.7. The monoisotopic (exact) mass is 658 g/mol. The van der Waals surface area contributed by atoms with Crippen LogP contribution in [-0.4, -0.2) is 84.7 Å². The maximum Gasteiger partial charge on any atom is 0.310 e. The van der Waals surface area contributed by atoms with Crippen LogP contribution in [0.1, 0.15) is 46.8 Å². The highest BCUT2D eigenvalue weighted by molar-refractivity contribution is 7.10. The van der Waals surface area contributed by atoms with Gasteiger partial charge < -0.3 is 58.3 Å². The molecular weight excluding hydrogens is 624 g/mol. The first-order chi connectivity index (χ1) is 22.2. The zero-order valence-electron chi connectivity index (χ0n) is 25.1. The molecule has 46 heavy (non-hydrogen) atoms. The van der Waals surface area contributed by atoms with Gasteiger partial charge in [-0.05, 0) is 59.3 Å². The van der Waals surface area contributed by atoms with Gasteiger partial charge in [0.05, 0.1) is 43.8 Å². The third kappa shape index (κ3) is 5.14. The molecule has 2 fully saturated rings. The number of esters is 1. The number of aromatic hydroxyl groups is 1. The predicted octanol–water partition coefficient (Wildman–Crippen LogP) is 2.73. The summed E-state index contributed by atoms with van der Waals surface area (Å²) in [4.78, 5) is 14.0. The Morgan fingerprint density at radius 2 is 1.67 bits per heavy atom. The van der Waals surface area contributed by atoms with Crippen molar-refractivity contribution in [1.82, 2.24) is 0 Å². The second-order valence-corrected chi connectivity index (χ2v) is 12.6. The number of phenolic OH excluding ortho intramolecular Hbond substituents is 1. The van der Waals surface area contributed by atoms with E-state index in [1.54, 1.807) is 48.7 Å². The van der Waals surface area contributed by atoms with Crippen molar-refractivity contribution >= 4 is 17.3 Å². The number of carbonyl (C=O) groups excluding carboxylic acids is 1. The molecule has 0 spiro atoms. The third-order valence-electron chi connectivity index (χ3n) is 9.11. The van der Waals surface area contributed by atoms with Gasteiger partial charge >= 0.3 is 5.97 Å². The van der Waals surface area contributed by atoms with Gasteiger partial charge in [-0.3, -0.25) is 4.79 Å². The minimum absolute atomic E-state index is 0.0110. The molecule has 2 aromatic carbocycles. The maximum absolute atomic E-state index is 13.5. The molecule has 0 bridgehead atoms. The number of rotatable bonds is 8. The highest BCUT2D eigenvalue weighted by Crippen LogP contribution is 2.57. The average Bonchev–Trinajstić information content (AvgIpc) is 3.83. The Kier molecular flexibility index (Phi) is 8.21. The van der Waals surface area contributed by atoms with E-state index >= 15 is 0 Å². The summed E-state index contributed by atoms with van der Waals surface area (Å²) in [6.07, 6.45) is -8.37. The highest BCUT2D eigenvalue weighted by Gasteiger charge is 2.55. The largest absolute Gasteiger partial charge is 0.502 e. The summed E-state index contributed by atoms with van der Waals surface area (Å²) < 4.78 is 46.1. The Morgan fingerprint density at radius 3 is 2.33 bits per heavy atom. The summed E-state index contributed by atoms with van der Waals surface area (Å²) in [5.74, 6) is -1.23. The molecular formula is C32H34O13S. The van der Waals surface area contributed by atoms with Crippen LogP contribution in [0.15, 0.2) is 41.8 Å². The van der Waals surface area contributed by atoms with E-state index in [2.05, 4.69) is 0 Å². The fraction of sp³-hybridized carbons (Fsp3) is 0.469. The Balaban J connectivity index is 1.25. The SMILES string of the molecule is COc1cc(C2c3cc4c(cc3C(OC3OC(C)C(OC(O)c5cccs5)C(O)C3O)C3COC(=O)C23)OCO4)cc(OC)c1O. The van der Waals surface area contributed by atoms with Crippen molar-refractivity contribution in [3.05, 3.63) is 63.3 Å². The number of aliphatic hydroxyl groups is 3. The fourth-order valence-electron chi connectivity index (χ4n) is 6.88. The van der Waals surface area contributed by atoms with E-state index in [-0.39, 0.29) is 30.6 Å². The Hall–Kier alpha value is -3.63. The number of carbonyl (C=O) groups is 1. The number of aliphatic hydroxyl groups excluding tert-OH is 3. The lowest BCUT2D eigenvalue weighted by atomic mass is 9.66. The molecule has 14 heteroatoms. The van der Waals surface area contributed by atoms with Gasteiger partial charge in [0.1, 0.15) is 18.3 Å². The molecule has 13 nitrogen and oxygen atoms in total. The molecule has 1 aromatic heterocycles. The van der Waals surface area contributed by atoms with Crippen LogP contribution < -0.4 is 18.9 Å².